The Labute approximate surface area is 198 Å². The van der Waals surface area contributed by atoms with E-state index in [1.54, 1.807) is 6.20 Å². The lowest BCUT2D eigenvalue weighted by molar-refractivity contribution is 0.752. The monoisotopic (exact) mass is 546 g/mol. The smallest absolute Gasteiger partial charge is 0.191 e. The number of aromatic nitrogens is 3. The summed E-state index contributed by atoms with van der Waals surface area (Å²) in [5, 5.41) is 7.67. The van der Waals surface area contributed by atoms with Crippen molar-refractivity contribution in [2.45, 2.75) is 26.6 Å². The summed E-state index contributed by atoms with van der Waals surface area (Å²) in [7, 11) is 1.89. The van der Waals surface area contributed by atoms with Gasteiger partial charge in [0.1, 0.15) is 5.15 Å². The van der Waals surface area contributed by atoms with E-state index in [1.807, 2.05) is 41.7 Å². The van der Waals surface area contributed by atoms with E-state index in [0.717, 1.165) is 30.3 Å². The highest BCUT2D eigenvalue weighted by atomic mass is 127. The number of nitrogens with one attached hydrogen (secondary N) is 2. The van der Waals surface area contributed by atoms with Gasteiger partial charge < -0.3 is 19.8 Å². The number of aliphatic imine (C=N–C) groups is 1. The molecule has 0 bridgehead atoms. The van der Waals surface area contributed by atoms with Crippen LogP contribution in [0.15, 0.2) is 54.0 Å². The van der Waals surface area contributed by atoms with Crippen molar-refractivity contribution < 1.29 is 0 Å². The summed E-state index contributed by atoms with van der Waals surface area (Å²) in [5.74, 6) is 0.749. The summed E-state index contributed by atoms with van der Waals surface area (Å²) in [6.07, 6.45) is 5.56. The molecule has 156 valence electrons. The van der Waals surface area contributed by atoms with Crippen molar-refractivity contribution in [2.75, 3.05) is 6.54 Å². The number of halogens is 3. The van der Waals surface area contributed by atoms with Gasteiger partial charge in [-0.2, -0.15) is 0 Å². The van der Waals surface area contributed by atoms with E-state index < -0.39 is 0 Å². The van der Waals surface area contributed by atoms with Crippen LogP contribution in [0.1, 0.15) is 23.7 Å². The maximum Gasteiger partial charge on any atom is 0.191 e. The van der Waals surface area contributed by atoms with Crippen LogP contribution in [-0.4, -0.2) is 26.6 Å². The minimum absolute atomic E-state index is 0. The lowest BCUT2D eigenvalue weighted by Crippen LogP contribution is -2.37. The molecular formula is C20H25Cl2IN6. The molecule has 0 amide bonds. The van der Waals surface area contributed by atoms with Crippen molar-refractivity contribution in [3.63, 3.8) is 0 Å². The average molecular weight is 547 g/mol. The quantitative estimate of drug-likeness (QED) is 0.261. The molecule has 0 atom stereocenters. The molecule has 0 aliphatic carbocycles. The van der Waals surface area contributed by atoms with E-state index in [1.165, 1.54) is 5.56 Å². The normalized spacial score (nSPS) is 11.2. The zero-order valence-electron chi connectivity index (χ0n) is 16.4. The van der Waals surface area contributed by atoms with Gasteiger partial charge in [-0.25, -0.2) is 9.98 Å². The Kier molecular flexibility index (Phi) is 9.32. The molecule has 0 saturated heterocycles. The number of hydrogen-bond acceptors (Lipinski definition) is 2. The summed E-state index contributed by atoms with van der Waals surface area (Å²) >= 11 is 12.2. The molecule has 0 unspecified atom stereocenters. The molecule has 0 fully saturated rings. The Hall–Kier alpha value is -1.71. The minimum atomic E-state index is 0. The number of imidazole rings is 1. The Bertz CT molecular complexity index is 919. The molecule has 2 N–H and O–H groups in total. The number of guanidine groups is 1. The molecule has 0 saturated carbocycles. The first-order valence-corrected chi connectivity index (χ1v) is 9.87. The third-order valence-corrected chi connectivity index (χ3v) is 5.21. The Morgan fingerprint density at radius 1 is 1.14 bits per heavy atom. The average Bonchev–Trinajstić information content (AvgIpc) is 3.29. The van der Waals surface area contributed by atoms with Crippen molar-refractivity contribution in [1.29, 1.82) is 0 Å². The highest BCUT2D eigenvalue weighted by Crippen LogP contribution is 2.24. The number of nitrogens with zero attached hydrogens (tertiary/aromatic N) is 4. The first kappa shape index (κ1) is 23.6. The lowest BCUT2D eigenvalue weighted by Gasteiger charge is -2.12. The molecule has 29 heavy (non-hydrogen) atoms. The van der Waals surface area contributed by atoms with Gasteiger partial charge in [-0.05, 0) is 24.1 Å². The first-order chi connectivity index (χ1) is 13.6. The summed E-state index contributed by atoms with van der Waals surface area (Å²) in [4.78, 5) is 8.74. The SMILES string of the molecule is CCNC(=NCc1ccc(Cn2ccnc2)cc1)NCc1cc(Cl)c(Cl)n1C.I. The zero-order valence-corrected chi connectivity index (χ0v) is 20.2. The van der Waals surface area contributed by atoms with Crippen LogP contribution in [0.5, 0.6) is 0 Å². The van der Waals surface area contributed by atoms with Crippen LogP contribution < -0.4 is 10.6 Å². The standard InChI is InChI=1S/C20H24Cl2N6.HI/c1-3-24-20(26-12-17-10-18(21)19(22)27(17)2)25-11-15-4-6-16(7-5-15)13-28-9-8-23-14-28;/h4-10,14H,3,11-13H2,1-2H3,(H2,24,25,26);1H. The van der Waals surface area contributed by atoms with Gasteiger partial charge in [0.25, 0.3) is 0 Å². The Balaban J connectivity index is 0.00000300. The van der Waals surface area contributed by atoms with E-state index in [4.69, 9.17) is 23.2 Å². The van der Waals surface area contributed by atoms with Gasteiger partial charge in [0.15, 0.2) is 5.96 Å². The molecule has 9 heteroatoms. The molecule has 6 nitrogen and oxygen atoms in total. The topological polar surface area (TPSA) is 59.2 Å². The molecule has 2 heterocycles. The second kappa shape index (κ2) is 11.5. The highest BCUT2D eigenvalue weighted by Gasteiger charge is 2.09. The number of benzene rings is 1. The van der Waals surface area contributed by atoms with E-state index >= 15 is 0 Å². The molecular weight excluding hydrogens is 522 g/mol. The molecule has 2 aromatic heterocycles. The van der Waals surface area contributed by atoms with Crippen LogP contribution in [0.2, 0.25) is 10.2 Å². The minimum Gasteiger partial charge on any atom is -0.357 e. The molecule has 1 aromatic carbocycles. The van der Waals surface area contributed by atoms with Gasteiger partial charge in [0.2, 0.25) is 0 Å². The molecule has 0 aliphatic rings. The van der Waals surface area contributed by atoms with Crippen LogP contribution in [-0.2, 0) is 26.7 Å². The highest BCUT2D eigenvalue weighted by molar-refractivity contribution is 14.0. The van der Waals surface area contributed by atoms with Crippen molar-refractivity contribution in [3.8, 4) is 0 Å². The maximum atomic E-state index is 6.13. The van der Waals surface area contributed by atoms with E-state index in [0.29, 0.717) is 23.3 Å². The van der Waals surface area contributed by atoms with Crippen molar-refractivity contribution >= 4 is 53.1 Å². The van der Waals surface area contributed by atoms with Crippen LogP contribution in [0.25, 0.3) is 0 Å². The van der Waals surface area contributed by atoms with E-state index in [9.17, 15) is 0 Å². The van der Waals surface area contributed by atoms with Crippen LogP contribution in [0.4, 0.5) is 0 Å². The number of hydrogen-bond donors (Lipinski definition) is 2. The van der Waals surface area contributed by atoms with Crippen molar-refractivity contribution in [3.05, 3.63) is 76.0 Å². The van der Waals surface area contributed by atoms with Crippen molar-refractivity contribution in [2.24, 2.45) is 12.0 Å². The fraction of sp³-hybridized carbons (Fsp3) is 0.300. The molecule has 0 radical (unpaired) electrons. The Morgan fingerprint density at radius 3 is 2.45 bits per heavy atom. The van der Waals surface area contributed by atoms with Crippen LogP contribution >= 0.6 is 47.2 Å². The van der Waals surface area contributed by atoms with Gasteiger partial charge in [0, 0.05) is 38.2 Å². The Morgan fingerprint density at radius 2 is 1.86 bits per heavy atom. The third-order valence-electron chi connectivity index (χ3n) is 4.36. The predicted octanol–water partition coefficient (Wildman–Crippen LogP) is 4.45. The van der Waals surface area contributed by atoms with Gasteiger partial charge in [-0.1, -0.05) is 47.5 Å². The van der Waals surface area contributed by atoms with Gasteiger partial charge in [0.05, 0.1) is 24.4 Å². The summed E-state index contributed by atoms with van der Waals surface area (Å²) in [6, 6.07) is 10.3. The van der Waals surface area contributed by atoms with Gasteiger partial charge >= 0.3 is 0 Å². The fourth-order valence-electron chi connectivity index (χ4n) is 2.79. The summed E-state index contributed by atoms with van der Waals surface area (Å²) < 4.78 is 3.90. The molecule has 0 aliphatic heterocycles. The second-order valence-corrected chi connectivity index (χ2v) is 7.20. The predicted molar refractivity (Wildman–Crippen MR) is 130 cm³/mol. The largest absolute Gasteiger partial charge is 0.357 e. The lowest BCUT2D eigenvalue weighted by atomic mass is 10.1. The summed E-state index contributed by atoms with van der Waals surface area (Å²) in [5.41, 5.74) is 3.37. The molecule has 0 spiro atoms. The molecule has 3 aromatic rings. The third kappa shape index (κ3) is 6.65. The second-order valence-electron chi connectivity index (χ2n) is 6.43. The first-order valence-electron chi connectivity index (χ1n) is 9.12. The zero-order chi connectivity index (χ0) is 19.9. The molecule has 3 rings (SSSR count). The summed E-state index contributed by atoms with van der Waals surface area (Å²) in [6.45, 7) is 4.81. The van der Waals surface area contributed by atoms with E-state index in [-0.39, 0.29) is 24.0 Å². The fourth-order valence-corrected chi connectivity index (χ4v) is 3.20. The van der Waals surface area contributed by atoms with Crippen LogP contribution in [0, 0.1) is 0 Å². The van der Waals surface area contributed by atoms with E-state index in [2.05, 4.69) is 44.9 Å². The number of rotatable bonds is 7. The van der Waals surface area contributed by atoms with Gasteiger partial charge in [-0.15, -0.1) is 24.0 Å². The van der Waals surface area contributed by atoms with Gasteiger partial charge in [-0.3, -0.25) is 0 Å². The maximum absolute atomic E-state index is 6.13. The van der Waals surface area contributed by atoms with Crippen LogP contribution in [0.3, 0.4) is 0 Å². The van der Waals surface area contributed by atoms with Crippen molar-refractivity contribution in [1.82, 2.24) is 24.8 Å².